The van der Waals surface area contributed by atoms with Crippen LogP contribution in [0.25, 0.3) is 22.0 Å². The number of aliphatic hydroxyl groups is 1. The molecule has 5 heteroatoms. The molecule has 0 saturated heterocycles. The fraction of sp³-hybridized carbons (Fsp3) is 0.125. The van der Waals surface area contributed by atoms with Crippen LogP contribution in [0, 0.1) is 11.6 Å². The summed E-state index contributed by atoms with van der Waals surface area (Å²) in [5.74, 6) is -0.815. The van der Waals surface area contributed by atoms with Crippen molar-refractivity contribution in [3.8, 4) is 11.1 Å². The Kier molecular flexibility index (Phi) is 3.58. The summed E-state index contributed by atoms with van der Waals surface area (Å²) in [7, 11) is 0. The predicted molar refractivity (Wildman–Crippen MR) is 75.7 cm³/mol. The molecule has 0 aliphatic carbocycles. The Morgan fingerprint density at radius 3 is 2.62 bits per heavy atom. The Morgan fingerprint density at radius 1 is 1.00 bits per heavy atom. The van der Waals surface area contributed by atoms with Crippen molar-refractivity contribution in [2.24, 2.45) is 0 Å². The molecule has 0 unspecified atom stereocenters. The molecular weight excluding hydrogens is 274 g/mol. The molecule has 0 amide bonds. The Labute approximate surface area is 119 Å². The van der Waals surface area contributed by atoms with Crippen LogP contribution in [0.4, 0.5) is 8.78 Å². The van der Waals surface area contributed by atoms with E-state index in [9.17, 15) is 13.9 Å². The van der Waals surface area contributed by atoms with E-state index >= 15 is 0 Å². The van der Waals surface area contributed by atoms with Crippen LogP contribution in [0.3, 0.4) is 0 Å². The molecule has 0 atom stereocenters. The number of fused-ring (bicyclic) bond motifs is 1. The highest BCUT2D eigenvalue weighted by Crippen LogP contribution is 2.27. The Morgan fingerprint density at radius 2 is 1.86 bits per heavy atom. The Balaban J connectivity index is 2.25. The van der Waals surface area contributed by atoms with Gasteiger partial charge in [0.2, 0.25) is 0 Å². The first-order chi connectivity index (χ1) is 10.2. The number of hydrogen-bond donors (Lipinski definition) is 1. The van der Waals surface area contributed by atoms with E-state index < -0.39 is 5.82 Å². The number of halogens is 2. The van der Waals surface area contributed by atoms with Gasteiger partial charge >= 0.3 is 0 Å². The normalized spacial score (nSPS) is 11.0. The molecule has 0 radical (unpaired) electrons. The molecule has 0 aliphatic heterocycles. The van der Waals surface area contributed by atoms with E-state index in [1.165, 1.54) is 24.4 Å². The summed E-state index contributed by atoms with van der Waals surface area (Å²) in [6, 6.07) is 7.38. The maximum Gasteiger partial charge on any atom is 0.142 e. The molecule has 106 valence electrons. The maximum absolute atomic E-state index is 13.4. The minimum absolute atomic E-state index is 0.0740. The van der Waals surface area contributed by atoms with Gasteiger partial charge in [-0.25, -0.2) is 8.78 Å². The zero-order valence-electron chi connectivity index (χ0n) is 11.1. The summed E-state index contributed by atoms with van der Waals surface area (Å²) in [4.78, 5) is 8.26. The van der Waals surface area contributed by atoms with Gasteiger partial charge in [0.1, 0.15) is 11.6 Å². The van der Waals surface area contributed by atoms with Gasteiger partial charge in [-0.3, -0.25) is 9.97 Å². The summed E-state index contributed by atoms with van der Waals surface area (Å²) in [5.41, 5.74) is 2.46. The summed E-state index contributed by atoms with van der Waals surface area (Å²) in [6.45, 7) is -0.0740. The molecule has 21 heavy (non-hydrogen) atoms. The van der Waals surface area contributed by atoms with Gasteiger partial charge in [0.15, 0.2) is 0 Å². The molecule has 0 fully saturated rings. The number of aromatic nitrogens is 2. The molecule has 0 saturated carbocycles. The van der Waals surface area contributed by atoms with Crippen LogP contribution in [-0.4, -0.2) is 21.7 Å². The number of rotatable bonds is 3. The van der Waals surface area contributed by atoms with E-state index in [-0.39, 0.29) is 12.4 Å². The fourth-order valence-electron chi connectivity index (χ4n) is 2.29. The van der Waals surface area contributed by atoms with Gasteiger partial charge in [-0.15, -0.1) is 0 Å². The highest BCUT2D eigenvalue weighted by Gasteiger charge is 2.10. The number of hydrogen-bond acceptors (Lipinski definition) is 3. The molecular formula is C16H12F2N2O. The van der Waals surface area contributed by atoms with Crippen molar-refractivity contribution in [2.45, 2.75) is 6.42 Å². The zero-order chi connectivity index (χ0) is 14.8. The van der Waals surface area contributed by atoms with Crippen molar-refractivity contribution in [3.63, 3.8) is 0 Å². The molecule has 1 N–H and O–H groups in total. The second-order valence-corrected chi connectivity index (χ2v) is 4.69. The van der Waals surface area contributed by atoms with Gasteiger partial charge in [0.05, 0.1) is 17.4 Å². The minimum Gasteiger partial charge on any atom is -0.396 e. The van der Waals surface area contributed by atoms with Crippen molar-refractivity contribution in [1.82, 2.24) is 9.97 Å². The van der Waals surface area contributed by atoms with Crippen molar-refractivity contribution >= 4 is 10.9 Å². The first-order valence-electron chi connectivity index (χ1n) is 6.48. The average molecular weight is 286 g/mol. The number of nitrogens with zero attached hydrogens (tertiary/aromatic N) is 2. The second kappa shape index (κ2) is 5.54. The molecule has 3 nitrogen and oxygen atoms in total. The average Bonchev–Trinajstić information content (AvgIpc) is 2.47. The minimum atomic E-state index is -0.457. The highest BCUT2D eigenvalue weighted by atomic mass is 19.1. The van der Waals surface area contributed by atoms with Crippen LogP contribution in [0.1, 0.15) is 5.69 Å². The van der Waals surface area contributed by atoms with Gasteiger partial charge in [-0.05, 0) is 30.3 Å². The van der Waals surface area contributed by atoms with Crippen molar-refractivity contribution in [1.29, 1.82) is 0 Å². The lowest BCUT2D eigenvalue weighted by atomic mass is 10.0. The zero-order valence-corrected chi connectivity index (χ0v) is 11.1. The SMILES string of the molecule is OCCc1nc2ccc(F)cc2cc1-c1cncc(F)c1. The van der Waals surface area contributed by atoms with Crippen LogP contribution in [0.15, 0.2) is 42.7 Å². The largest absolute Gasteiger partial charge is 0.396 e. The van der Waals surface area contributed by atoms with Gasteiger partial charge < -0.3 is 5.11 Å². The van der Waals surface area contributed by atoms with Gasteiger partial charge in [0, 0.05) is 35.7 Å². The van der Waals surface area contributed by atoms with Crippen LogP contribution < -0.4 is 0 Å². The molecule has 0 bridgehead atoms. The Hall–Kier alpha value is -2.40. The molecule has 3 rings (SSSR count). The van der Waals surface area contributed by atoms with Crippen molar-refractivity contribution < 1.29 is 13.9 Å². The van der Waals surface area contributed by atoms with Crippen LogP contribution in [-0.2, 0) is 6.42 Å². The van der Waals surface area contributed by atoms with Gasteiger partial charge in [-0.1, -0.05) is 0 Å². The van der Waals surface area contributed by atoms with Gasteiger partial charge in [0.25, 0.3) is 0 Å². The van der Waals surface area contributed by atoms with Crippen molar-refractivity contribution in [3.05, 3.63) is 60.1 Å². The van der Waals surface area contributed by atoms with E-state index in [1.807, 2.05) is 0 Å². The smallest absolute Gasteiger partial charge is 0.142 e. The summed E-state index contributed by atoms with van der Waals surface area (Å²) in [6.07, 6.45) is 2.97. The van der Waals surface area contributed by atoms with Gasteiger partial charge in [-0.2, -0.15) is 0 Å². The third-order valence-electron chi connectivity index (χ3n) is 3.22. The van der Waals surface area contributed by atoms with E-state index in [0.29, 0.717) is 34.1 Å². The monoisotopic (exact) mass is 286 g/mol. The van der Waals surface area contributed by atoms with E-state index in [4.69, 9.17) is 0 Å². The molecule has 3 aromatic rings. The topological polar surface area (TPSA) is 46.0 Å². The van der Waals surface area contributed by atoms with E-state index in [2.05, 4.69) is 9.97 Å². The predicted octanol–water partition coefficient (Wildman–Crippen LogP) is 3.11. The third-order valence-corrected chi connectivity index (χ3v) is 3.22. The maximum atomic E-state index is 13.4. The molecule has 2 heterocycles. The van der Waals surface area contributed by atoms with E-state index in [0.717, 1.165) is 6.20 Å². The molecule has 2 aromatic heterocycles. The third kappa shape index (κ3) is 2.73. The first kappa shape index (κ1) is 13.6. The fourth-order valence-corrected chi connectivity index (χ4v) is 2.29. The standard InChI is InChI=1S/C16H12F2N2O/c17-12-1-2-15-10(5-12)7-14(16(20-15)3-4-21)11-6-13(18)9-19-8-11/h1-2,5-9,21H,3-4H2. The lowest BCUT2D eigenvalue weighted by Crippen LogP contribution is -1.99. The second-order valence-electron chi connectivity index (χ2n) is 4.69. The summed E-state index contributed by atoms with van der Waals surface area (Å²) in [5, 5.41) is 9.79. The summed E-state index contributed by atoms with van der Waals surface area (Å²) >= 11 is 0. The number of aliphatic hydroxyl groups excluding tert-OH is 1. The van der Waals surface area contributed by atoms with Crippen LogP contribution >= 0.6 is 0 Å². The van der Waals surface area contributed by atoms with Crippen molar-refractivity contribution in [2.75, 3.05) is 6.61 Å². The quantitative estimate of drug-likeness (QED) is 0.804. The number of pyridine rings is 2. The Bertz CT molecular complexity index is 805. The first-order valence-corrected chi connectivity index (χ1v) is 6.48. The molecule has 1 aromatic carbocycles. The van der Waals surface area contributed by atoms with Crippen LogP contribution in [0.5, 0.6) is 0 Å². The van der Waals surface area contributed by atoms with Crippen LogP contribution in [0.2, 0.25) is 0 Å². The summed E-state index contributed by atoms with van der Waals surface area (Å²) < 4.78 is 26.7. The number of benzene rings is 1. The molecule has 0 aliphatic rings. The van der Waals surface area contributed by atoms with E-state index in [1.54, 1.807) is 12.1 Å². The lowest BCUT2D eigenvalue weighted by molar-refractivity contribution is 0.298. The lowest BCUT2D eigenvalue weighted by Gasteiger charge is -2.10. The highest BCUT2D eigenvalue weighted by molar-refractivity contribution is 5.84. The molecule has 0 spiro atoms.